The Balaban J connectivity index is 1.33. The Kier molecular flexibility index (Phi) is 5.45. The molecule has 0 radical (unpaired) electrons. The summed E-state index contributed by atoms with van der Waals surface area (Å²) in [6.45, 7) is 1.04. The number of nitrogens with zero attached hydrogens (tertiary/aromatic N) is 2. The summed E-state index contributed by atoms with van der Waals surface area (Å²) in [5.41, 5.74) is 1.95. The number of ether oxygens (including phenoxy) is 1. The van der Waals surface area contributed by atoms with Crippen LogP contribution in [0.3, 0.4) is 0 Å². The van der Waals surface area contributed by atoms with E-state index in [9.17, 15) is 13.2 Å². The second-order valence-electron chi connectivity index (χ2n) is 6.74. The molecule has 0 saturated heterocycles. The molecule has 30 heavy (non-hydrogen) atoms. The van der Waals surface area contributed by atoms with Crippen molar-refractivity contribution in [3.05, 3.63) is 65.7 Å². The van der Waals surface area contributed by atoms with E-state index in [1.54, 1.807) is 7.11 Å². The van der Waals surface area contributed by atoms with Crippen LogP contribution in [0.1, 0.15) is 17.0 Å². The molecule has 0 aliphatic rings. The fourth-order valence-corrected chi connectivity index (χ4v) is 3.16. The van der Waals surface area contributed by atoms with Gasteiger partial charge in [0.05, 0.1) is 19.2 Å². The number of hydrogen-bond acceptors (Lipinski definition) is 5. The highest BCUT2D eigenvalue weighted by Crippen LogP contribution is 2.30. The number of aromatic nitrogens is 3. The van der Waals surface area contributed by atoms with E-state index in [0.717, 1.165) is 40.8 Å². The van der Waals surface area contributed by atoms with Crippen molar-refractivity contribution in [1.29, 1.82) is 0 Å². The molecule has 0 aliphatic carbocycles. The van der Waals surface area contributed by atoms with Crippen LogP contribution in [0.25, 0.3) is 22.3 Å². The number of rotatable bonds is 7. The highest BCUT2D eigenvalue weighted by atomic mass is 19.4. The minimum atomic E-state index is -4.37. The monoisotopic (exact) mass is 416 g/mol. The number of nitrogens with one attached hydrogen (secondary N) is 2. The van der Waals surface area contributed by atoms with Gasteiger partial charge in [-0.1, -0.05) is 17.3 Å². The van der Waals surface area contributed by atoms with Crippen molar-refractivity contribution < 1.29 is 22.4 Å². The maximum Gasteiger partial charge on any atom is 0.416 e. The van der Waals surface area contributed by atoms with E-state index in [0.29, 0.717) is 24.5 Å². The van der Waals surface area contributed by atoms with Crippen LogP contribution in [0.15, 0.2) is 53.2 Å². The summed E-state index contributed by atoms with van der Waals surface area (Å²) in [6.07, 6.45) is -1.62. The summed E-state index contributed by atoms with van der Waals surface area (Å²) >= 11 is 0. The van der Waals surface area contributed by atoms with Crippen LogP contribution in [0, 0.1) is 0 Å². The zero-order valence-corrected chi connectivity index (χ0v) is 16.1. The highest BCUT2D eigenvalue weighted by Gasteiger charge is 2.30. The molecule has 156 valence electrons. The Labute approximate surface area is 170 Å². The molecular weight excluding hydrogens is 397 g/mol. The molecule has 2 heterocycles. The second kappa shape index (κ2) is 8.19. The Morgan fingerprint density at radius 2 is 1.93 bits per heavy atom. The van der Waals surface area contributed by atoms with E-state index >= 15 is 0 Å². The molecule has 0 bridgehead atoms. The lowest BCUT2D eigenvalue weighted by Crippen LogP contribution is -2.16. The SMILES string of the molecule is COc1ccc2[nH]cc(CCNCc3nc(-c4ccc(C(F)(F)F)cc4)no3)c2c1. The van der Waals surface area contributed by atoms with Crippen molar-refractivity contribution in [3.8, 4) is 17.1 Å². The summed E-state index contributed by atoms with van der Waals surface area (Å²) in [5, 5.41) is 8.19. The third kappa shape index (κ3) is 4.30. The van der Waals surface area contributed by atoms with Crippen molar-refractivity contribution >= 4 is 10.9 Å². The minimum Gasteiger partial charge on any atom is -0.497 e. The summed E-state index contributed by atoms with van der Waals surface area (Å²) in [7, 11) is 1.64. The van der Waals surface area contributed by atoms with E-state index in [4.69, 9.17) is 9.26 Å². The Hall–Kier alpha value is -3.33. The lowest BCUT2D eigenvalue weighted by atomic mass is 10.1. The molecule has 6 nitrogen and oxygen atoms in total. The first-order chi connectivity index (χ1) is 14.4. The number of alkyl halides is 3. The number of aromatic amines is 1. The van der Waals surface area contributed by atoms with E-state index in [-0.39, 0.29) is 5.82 Å². The second-order valence-corrected chi connectivity index (χ2v) is 6.74. The Bertz CT molecular complexity index is 1130. The summed E-state index contributed by atoms with van der Waals surface area (Å²) < 4.78 is 48.4. The average Bonchev–Trinajstić information content (AvgIpc) is 3.37. The number of fused-ring (bicyclic) bond motifs is 1. The topological polar surface area (TPSA) is 76.0 Å². The lowest BCUT2D eigenvalue weighted by Gasteiger charge is -2.05. The summed E-state index contributed by atoms with van der Waals surface area (Å²) in [4.78, 5) is 7.47. The summed E-state index contributed by atoms with van der Waals surface area (Å²) in [5.74, 6) is 1.42. The summed E-state index contributed by atoms with van der Waals surface area (Å²) in [6, 6.07) is 10.5. The molecule has 4 aromatic rings. The van der Waals surface area contributed by atoms with Gasteiger partial charge in [-0.15, -0.1) is 0 Å². The van der Waals surface area contributed by atoms with Crippen LogP contribution in [0.4, 0.5) is 13.2 Å². The first kappa shape index (κ1) is 20.0. The largest absolute Gasteiger partial charge is 0.497 e. The third-order valence-electron chi connectivity index (χ3n) is 4.76. The van der Waals surface area contributed by atoms with Gasteiger partial charge in [0.1, 0.15) is 5.75 Å². The van der Waals surface area contributed by atoms with Gasteiger partial charge in [-0.05, 0) is 48.9 Å². The molecule has 0 spiro atoms. The quantitative estimate of drug-likeness (QED) is 0.432. The molecule has 4 rings (SSSR count). The van der Waals surface area contributed by atoms with Gasteiger partial charge in [-0.3, -0.25) is 0 Å². The smallest absolute Gasteiger partial charge is 0.416 e. The fourth-order valence-electron chi connectivity index (χ4n) is 3.16. The molecule has 0 amide bonds. The van der Waals surface area contributed by atoms with E-state index < -0.39 is 11.7 Å². The van der Waals surface area contributed by atoms with E-state index in [1.807, 2.05) is 24.4 Å². The van der Waals surface area contributed by atoms with Gasteiger partial charge in [0, 0.05) is 22.7 Å². The van der Waals surface area contributed by atoms with Crippen LogP contribution in [0.2, 0.25) is 0 Å². The van der Waals surface area contributed by atoms with Gasteiger partial charge >= 0.3 is 6.18 Å². The van der Waals surface area contributed by atoms with Gasteiger partial charge in [0.15, 0.2) is 0 Å². The van der Waals surface area contributed by atoms with Crippen molar-refractivity contribution in [2.45, 2.75) is 19.1 Å². The van der Waals surface area contributed by atoms with Crippen LogP contribution in [0.5, 0.6) is 5.75 Å². The van der Waals surface area contributed by atoms with Crippen LogP contribution in [-0.4, -0.2) is 28.8 Å². The number of methoxy groups -OCH3 is 1. The zero-order valence-electron chi connectivity index (χ0n) is 16.1. The maximum atomic E-state index is 12.7. The standard InChI is InChI=1S/C21H19F3N4O2/c1-29-16-6-7-18-17(10-16)14(11-26-18)8-9-25-12-19-27-20(28-30-19)13-2-4-15(5-3-13)21(22,23)24/h2-7,10-11,25-26H,8-9,12H2,1H3. The zero-order chi connectivity index (χ0) is 21.1. The van der Waals surface area contributed by atoms with Crippen LogP contribution in [-0.2, 0) is 19.1 Å². The molecule has 2 aromatic heterocycles. The first-order valence-electron chi connectivity index (χ1n) is 9.29. The van der Waals surface area contributed by atoms with Crippen molar-refractivity contribution in [3.63, 3.8) is 0 Å². The number of benzene rings is 2. The Morgan fingerprint density at radius 1 is 1.13 bits per heavy atom. The number of hydrogen-bond donors (Lipinski definition) is 2. The molecule has 0 unspecified atom stereocenters. The Morgan fingerprint density at radius 3 is 2.67 bits per heavy atom. The van der Waals surface area contributed by atoms with E-state index in [1.165, 1.54) is 12.1 Å². The van der Waals surface area contributed by atoms with Crippen molar-refractivity contribution in [2.75, 3.05) is 13.7 Å². The molecule has 0 fully saturated rings. The third-order valence-corrected chi connectivity index (χ3v) is 4.76. The first-order valence-corrected chi connectivity index (χ1v) is 9.29. The van der Waals surface area contributed by atoms with Gasteiger partial charge in [-0.25, -0.2) is 0 Å². The molecule has 0 atom stereocenters. The fraction of sp³-hybridized carbons (Fsp3) is 0.238. The maximum absolute atomic E-state index is 12.7. The molecule has 0 aliphatic heterocycles. The lowest BCUT2D eigenvalue weighted by molar-refractivity contribution is -0.137. The predicted octanol–water partition coefficient (Wildman–Crippen LogP) is 4.58. The number of H-pyrrole nitrogens is 1. The molecule has 2 aromatic carbocycles. The highest BCUT2D eigenvalue weighted by molar-refractivity contribution is 5.84. The molecule has 9 heteroatoms. The van der Waals surface area contributed by atoms with Gasteiger partial charge in [0.2, 0.25) is 11.7 Å². The normalized spacial score (nSPS) is 11.9. The van der Waals surface area contributed by atoms with E-state index in [2.05, 4.69) is 20.4 Å². The van der Waals surface area contributed by atoms with Crippen LogP contribution < -0.4 is 10.1 Å². The predicted molar refractivity (Wildman–Crippen MR) is 105 cm³/mol. The molecule has 2 N–H and O–H groups in total. The van der Waals surface area contributed by atoms with Gasteiger partial charge in [-0.2, -0.15) is 18.2 Å². The van der Waals surface area contributed by atoms with Crippen molar-refractivity contribution in [1.82, 2.24) is 20.4 Å². The van der Waals surface area contributed by atoms with Gasteiger partial charge in [0.25, 0.3) is 0 Å². The van der Waals surface area contributed by atoms with Crippen LogP contribution >= 0.6 is 0 Å². The van der Waals surface area contributed by atoms with Gasteiger partial charge < -0.3 is 19.6 Å². The number of halogens is 3. The average molecular weight is 416 g/mol. The molecule has 0 saturated carbocycles. The van der Waals surface area contributed by atoms with Crippen molar-refractivity contribution in [2.24, 2.45) is 0 Å². The minimum absolute atomic E-state index is 0.254. The molecular formula is C21H19F3N4O2.